The van der Waals surface area contributed by atoms with Crippen LogP contribution in [0.4, 0.5) is 11.5 Å². The molecule has 5 nitrogen and oxygen atoms in total. The van der Waals surface area contributed by atoms with Crippen LogP contribution in [0.1, 0.15) is 36.7 Å². The molecule has 1 aliphatic rings. The van der Waals surface area contributed by atoms with Gasteiger partial charge >= 0.3 is 5.97 Å². The number of anilines is 1. The molecule has 5 heteroatoms. The summed E-state index contributed by atoms with van der Waals surface area (Å²) < 4.78 is 0. The van der Waals surface area contributed by atoms with Crippen LogP contribution in [0, 0.1) is 12.5 Å². The van der Waals surface area contributed by atoms with E-state index in [2.05, 4.69) is 16.8 Å². The van der Waals surface area contributed by atoms with Crippen LogP contribution < -0.4 is 4.90 Å². The van der Waals surface area contributed by atoms with Crippen LogP contribution in [0.25, 0.3) is 4.85 Å². The van der Waals surface area contributed by atoms with Crippen LogP contribution in [0.2, 0.25) is 0 Å². The Morgan fingerprint density at radius 1 is 1.53 bits per heavy atom. The van der Waals surface area contributed by atoms with E-state index >= 15 is 0 Å². The van der Waals surface area contributed by atoms with Crippen molar-refractivity contribution in [2.75, 3.05) is 18.0 Å². The van der Waals surface area contributed by atoms with E-state index in [1.54, 1.807) is 6.07 Å². The van der Waals surface area contributed by atoms with Crippen LogP contribution in [0.15, 0.2) is 12.1 Å². The highest BCUT2D eigenvalue weighted by molar-refractivity contribution is 5.87. The van der Waals surface area contributed by atoms with Crippen molar-refractivity contribution in [2.45, 2.75) is 26.2 Å². The lowest BCUT2D eigenvalue weighted by atomic mass is 9.94. The second kappa shape index (κ2) is 5.70. The number of hydrogen-bond acceptors (Lipinski definition) is 3. The maximum Gasteiger partial charge on any atom is 0.354 e. The fourth-order valence-electron chi connectivity index (χ4n) is 2.43. The molecule has 1 N–H and O–H groups in total. The normalized spacial score (nSPS) is 16.1. The molecular weight excluding hydrogens is 242 g/mol. The summed E-state index contributed by atoms with van der Waals surface area (Å²) in [5.74, 6) is 0.195. The summed E-state index contributed by atoms with van der Waals surface area (Å²) >= 11 is 0. The average molecular weight is 259 g/mol. The molecule has 2 rings (SSSR count). The number of piperidine rings is 1. The summed E-state index contributed by atoms with van der Waals surface area (Å²) in [6.45, 7) is 11.0. The van der Waals surface area contributed by atoms with E-state index in [0.29, 0.717) is 11.5 Å². The van der Waals surface area contributed by atoms with Crippen molar-refractivity contribution in [3.05, 3.63) is 29.2 Å². The molecule has 1 fully saturated rings. The van der Waals surface area contributed by atoms with Gasteiger partial charge in [-0.15, -0.1) is 0 Å². The fourth-order valence-corrected chi connectivity index (χ4v) is 2.43. The predicted molar refractivity (Wildman–Crippen MR) is 72.7 cm³/mol. The third-order valence-corrected chi connectivity index (χ3v) is 3.69. The first-order valence-corrected chi connectivity index (χ1v) is 6.52. The van der Waals surface area contributed by atoms with Crippen molar-refractivity contribution >= 4 is 17.5 Å². The SMILES string of the molecule is [C-]#[N+]c1ccc(C(=O)O)nc1N1CCC(CC)CC1. The van der Waals surface area contributed by atoms with Crippen molar-refractivity contribution < 1.29 is 9.90 Å². The third kappa shape index (κ3) is 2.84. The van der Waals surface area contributed by atoms with Crippen LogP contribution >= 0.6 is 0 Å². The maximum atomic E-state index is 11.0. The summed E-state index contributed by atoms with van der Waals surface area (Å²) in [5, 5.41) is 8.99. The zero-order valence-electron chi connectivity index (χ0n) is 11.0. The Morgan fingerprint density at radius 3 is 2.74 bits per heavy atom. The molecule has 0 aromatic carbocycles. The van der Waals surface area contributed by atoms with Crippen molar-refractivity contribution in [2.24, 2.45) is 5.92 Å². The molecule has 1 aromatic heterocycles. The number of carbonyl (C=O) groups is 1. The Hall–Kier alpha value is -2.09. The predicted octanol–water partition coefficient (Wildman–Crippen LogP) is 2.96. The third-order valence-electron chi connectivity index (χ3n) is 3.69. The van der Waals surface area contributed by atoms with Gasteiger partial charge in [0, 0.05) is 13.1 Å². The van der Waals surface area contributed by atoms with Gasteiger partial charge in [0.1, 0.15) is 11.5 Å². The van der Waals surface area contributed by atoms with Crippen molar-refractivity contribution in [3.63, 3.8) is 0 Å². The zero-order valence-corrected chi connectivity index (χ0v) is 11.0. The van der Waals surface area contributed by atoms with E-state index in [9.17, 15) is 4.79 Å². The molecule has 0 amide bonds. The summed E-state index contributed by atoms with van der Waals surface area (Å²) in [4.78, 5) is 20.6. The molecule has 19 heavy (non-hydrogen) atoms. The van der Waals surface area contributed by atoms with E-state index in [-0.39, 0.29) is 5.69 Å². The van der Waals surface area contributed by atoms with E-state index in [4.69, 9.17) is 11.7 Å². The number of rotatable bonds is 3. The number of nitrogens with zero attached hydrogens (tertiary/aromatic N) is 3. The minimum Gasteiger partial charge on any atom is -0.477 e. The second-order valence-electron chi connectivity index (χ2n) is 4.79. The Morgan fingerprint density at radius 2 is 2.21 bits per heavy atom. The Kier molecular flexibility index (Phi) is 4.00. The Labute approximate surface area is 112 Å². The number of carboxylic acid groups (broad SMARTS) is 1. The number of pyridine rings is 1. The van der Waals surface area contributed by atoms with Gasteiger partial charge in [0.15, 0.2) is 0 Å². The van der Waals surface area contributed by atoms with Gasteiger partial charge in [0.05, 0.1) is 6.57 Å². The molecular formula is C14H17N3O2. The van der Waals surface area contributed by atoms with E-state index in [1.165, 1.54) is 12.5 Å². The highest BCUT2D eigenvalue weighted by Crippen LogP contribution is 2.31. The molecule has 2 heterocycles. The van der Waals surface area contributed by atoms with Gasteiger partial charge in [0.25, 0.3) is 0 Å². The zero-order chi connectivity index (χ0) is 13.8. The molecule has 0 radical (unpaired) electrons. The molecule has 0 saturated carbocycles. The summed E-state index contributed by atoms with van der Waals surface area (Å²) in [6.07, 6.45) is 3.33. The molecule has 0 unspecified atom stereocenters. The first-order chi connectivity index (χ1) is 9.15. The summed E-state index contributed by atoms with van der Waals surface area (Å²) in [6, 6.07) is 2.93. The summed E-state index contributed by atoms with van der Waals surface area (Å²) in [7, 11) is 0. The molecule has 1 aromatic rings. The van der Waals surface area contributed by atoms with Crippen LogP contribution in [-0.4, -0.2) is 29.1 Å². The highest BCUT2D eigenvalue weighted by atomic mass is 16.4. The largest absolute Gasteiger partial charge is 0.477 e. The van der Waals surface area contributed by atoms with Gasteiger partial charge in [-0.1, -0.05) is 19.4 Å². The van der Waals surface area contributed by atoms with Crippen molar-refractivity contribution in [3.8, 4) is 0 Å². The van der Waals surface area contributed by atoms with Gasteiger partial charge in [-0.2, -0.15) is 0 Å². The Bertz CT molecular complexity index is 514. The molecule has 100 valence electrons. The molecule has 0 spiro atoms. The van der Waals surface area contributed by atoms with Gasteiger partial charge in [-0.3, -0.25) is 0 Å². The van der Waals surface area contributed by atoms with E-state index in [0.717, 1.165) is 31.8 Å². The van der Waals surface area contributed by atoms with Crippen LogP contribution in [-0.2, 0) is 0 Å². The lowest BCUT2D eigenvalue weighted by Gasteiger charge is -2.33. The fraction of sp³-hybridized carbons (Fsp3) is 0.500. The minimum atomic E-state index is -1.05. The second-order valence-corrected chi connectivity index (χ2v) is 4.79. The molecule has 0 bridgehead atoms. The first-order valence-electron chi connectivity index (χ1n) is 6.52. The first kappa shape index (κ1) is 13.3. The quantitative estimate of drug-likeness (QED) is 0.848. The topological polar surface area (TPSA) is 57.8 Å². The maximum absolute atomic E-state index is 11.0. The van der Waals surface area contributed by atoms with Crippen LogP contribution in [0.3, 0.4) is 0 Å². The molecule has 1 aliphatic heterocycles. The number of carboxylic acids is 1. The highest BCUT2D eigenvalue weighted by Gasteiger charge is 2.22. The number of hydrogen-bond donors (Lipinski definition) is 1. The van der Waals surface area contributed by atoms with Crippen LogP contribution in [0.5, 0.6) is 0 Å². The average Bonchev–Trinajstić information content (AvgIpc) is 2.46. The van der Waals surface area contributed by atoms with Crippen molar-refractivity contribution in [1.82, 2.24) is 4.98 Å². The van der Waals surface area contributed by atoms with E-state index < -0.39 is 5.97 Å². The Balaban J connectivity index is 2.26. The summed E-state index contributed by atoms with van der Waals surface area (Å²) in [5.41, 5.74) is 0.431. The monoisotopic (exact) mass is 259 g/mol. The van der Waals surface area contributed by atoms with Gasteiger partial charge in [0.2, 0.25) is 5.69 Å². The van der Waals surface area contributed by atoms with Gasteiger partial charge in [-0.05, 0) is 24.8 Å². The number of aromatic nitrogens is 1. The van der Waals surface area contributed by atoms with Gasteiger partial charge in [-0.25, -0.2) is 14.6 Å². The lowest BCUT2D eigenvalue weighted by Crippen LogP contribution is -2.34. The minimum absolute atomic E-state index is 0.0000139. The molecule has 0 atom stereocenters. The van der Waals surface area contributed by atoms with Gasteiger partial charge < -0.3 is 10.0 Å². The molecule has 1 saturated heterocycles. The standard InChI is InChI=1S/C14H17N3O2/c1-3-10-6-8-17(9-7-10)13-11(15-2)4-5-12(16-13)14(18)19/h4-5,10H,3,6-9H2,1H3,(H,18,19). The lowest BCUT2D eigenvalue weighted by molar-refractivity contribution is 0.0690. The molecule has 0 aliphatic carbocycles. The van der Waals surface area contributed by atoms with E-state index in [1.807, 2.05) is 4.90 Å². The smallest absolute Gasteiger partial charge is 0.354 e. The number of aromatic carboxylic acids is 1. The van der Waals surface area contributed by atoms with Crippen molar-refractivity contribution in [1.29, 1.82) is 0 Å².